The van der Waals surface area contributed by atoms with E-state index in [-0.39, 0.29) is 5.91 Å². The fourth-order valence-electron chi connectivity index (χ4n) is 1.15. The molecule has 0 aliphatic heterocycles. The van der Waals surface area contributed by atoms with Crippen LogP contribution in [0.2, 0.25) is 0 Å². The van der Waals surface area contributed by atoms with Crippen LogP contribution >= 0.6 is 15.9 Å². The van der Waals surface area contributed by atoms with E-state index in [2.05, 4.69) is 26.2 Å². The normalized spacial score (nSPS) is 9.93. The number of hydrogen-bond donors (Lipinski definition) is 2. The molecule has 0 aromatic carbocycles. The standard InChI is InChI=1S/C10H14BrN3O/c11-8-4-3-6-10(14-8)13-7-2-1-5-9(12)15/h3-4,6H,1-2,5,7H2,(H2,12,15)(H,13,14). The van der Waals surface area contributed by atoms with Crippen molar-refractivity contribution in [3.63, 3.8) is 0 Å². The second-order valence-corrected chi connectivity index (χ2v) is 4.01. The van der Waals surface area contributed by atoms with E-state index >= 15 is 0 Å². The van der Waals surface area contributed by atoms with Gasteiger partial charge in [-0.3, -0.25) is 4.79 Å². The zero-order chi connectivity index (χ0) is 11.1. The first kappa shape index (κ1) is 12.0. The Morgan fingerprint density at radius 2 is 2.27 bits per heavy atom. The molecule has 0 unspecified atom stereocenters. The second kappa shape index (κ2) is 6.40. The lowest BCUT2D eigenvalue weighted by atomic mass is 10.2. The summed E-state index contributed by atoms with van der Waals surface area (Å²) < 4.78 is 0.810. The minimum absolute atomic E-state index is 0.240. The smallest absolute Gasteiger partial charge is 0.217 e. The Morgan fingerprint density at radius 1 is 1.47 bits per heavy atom. The van der Waals surface area contributed by atoms with Crippen molar-refractivity contribution in [2.75, 3.05) is 11.9 Å². The average molecular weight is 272 g/mol. The van der Waals surface area contributed by atoms with Crippen LogP contribution in [0.5, 0.6) is 0 Å². The Morgan fingerprint density at radius 3 is 2.93 bits per heavy atom. The molecule has 1 heterocycles. The number of primary amides is 1. The maximum atomic E-state index is 10.5. The van der Waals surface area contributed by atoms with Gasteiger partial charge in [0.2, 0.25) is 5.91 Å². The lowest BCUT2D eigenvalue weighted by molar-refractivity contribution is -0.118. The lowest BCUT2D eigenvalue weighted by Crippen LogP contribution is -2.11. The molecule has 0 fully saturated rings. The Balaban J connectivity index is 2.17. The summed E-state index contributed by atoms with van der Waals surface area (Å²) in [6, 6.07) is 5.69. The van der Waals surface area contributed by atoms with Crippen LogP contribution in [0.1, 0.15) is 19.3 Å². The van der Waals surface area contributed by atoms with Gasteiger partial charge in [-0.25, -0.2) is 4.98 Å². The lowest BCUT2D eigenvalue weighted by Gasteiger charge is -2.04. The van der Waals surface area contributed by atoms with Gasteiger partial charge >= 0.3 is 0 Å². The van der Waals surface area contributed by atoms with Gasteiger partial charge in [-0.1, -0.05) is 6.07 Å². The number of nitrogens with zero attached hydrogens (tertiary/aromatic N) is 1. The summed E-state index contributed by atoms with van der Waals surface area (Å²) in [4.78, 5) is 14.7. The Kier molecular flexibility index (Phi) is 5.10. The number of unbranched alkanes of at least 4 members (excludes halogenated alkanes) is 1. The van der Waals surface area contributed by atoms with Gasteiger partial charge in [-0.05, 0) is 40.9 Å². The molecule has 1 rings (SSSR count). The van der Waals surface area contributed by atoms with Crippen LogP contribution in [0, 0.1) is 0 Å². The molecule has 0 atom stereocenters. The summed E-state index contributed by atoms with van der Waals surface area (Å²) in [6.45, 7) is 0.802. The SMILES string of the molecule is NC(=O)CCCCNc1cccc(Br)n1. The molecule has 82 valence electrons. The van der Waals surface area contributed by atoms with Gasteiger partial charge < -0.3 is 11.1 Å². The average Bonchev–Trinajstić information content (AvgIpc) is 2.17. The summed E-state index contributed by atoms with van der Waals surface area (Å²) in [7, 11) is 0. The summed E-state index contributed by atoms with van der Waals surface area (Å²) >= 11 is 3.29. The number of nitrogens with two attached hydrogens (primary N) is 1. The van der Waals surface area contributed by atoms with Gasteiger partial charge in [0, 0.05) is 13.0 Å². The fraction of sp³-hybridized carbons (Fsp3) is 0.400. The molecule has 0 saturated heterocycles. The summed E-state index contributed by atoms with van der Waals surface area (Å²) in [5, 5.41) is 3.17. The van der Waals surface area contributed by atoms with Gasteiger partial charge in [-0.2, -0.15) is 0 Å². The fourth-order valence-corrected chi connectivity index (χ4v) is 1.49. The topological polar surface area (TPSA) is 68.0 Å². The highest BCUT2D eigenvalue weighted by molar-refractivity contribution is 9.10. The minimum Gasteiger partial charge on any atom is -0.370 e. The Labute approximate surface area is 97.4 Å². The summed E-state index contributed by atoms with van der Waals surface area (Å²) in [6.07, 6.45) is 2.18. The third kappa shape index (κ3) is 5.37. The molecule has 4 nitrogen and oxygen atoms in total. The van der Waals surface area contributed by atoms with Gasteiger partial charge in [0.15, 0.2) is 0 Å². The van der Waals surface area contributed by atoms with E-state index in [1.165, 1.54) is 0 Å². The van der Waals surface area contributed by atoms with Crippen LogP contribution in [0.3, 0.4) is 0 Å². The number of aromatic nitrogens is 1. The number of hydrogen-bond acceptors (Lipinski definition) is 3. The Hall–Kier alpha value is -1.10. The van der Waals surface area contributed by atoms with Crippen LogP contribution in [-0.2, 0) is 4.79 Å². The number of amides is 1. The van der Waals surface area contributed by atoms with Gasteiger partial charge in [0.25, 0.3) is 0 Å². The molecule has 0 bridgehead atoms. The van der Waals surface area contributed by atoms with Crippen LogP contribution in [0.4, 0.5) is 5.82 Å². The van der Waals surface area contributed by atoms with Crippen molar-refractivity contribution in [3.8, 4) is 0 Å². The van der Waals surface area contributed by atoms with Crippen LogP contribution in [0.25, 0.3) is 0 Å². The van der Waals surface area contributed by atoms with E-state index in [9.17, 15) is 4.79 Å². The number of pyridine rings is 1. The van der Waals surface area contributed by atoms with Gasteiger partial charge in [0.1, 0.15) is 10.4 Å². The molecule has 5 heteroatoms. The number of halogens is 1. The van der Waals surface area contributed by atoms with Crippen molar-refractivity contribution in [2.45, 2.75) is 19.3 Å². The molecule has 0 spiro atoms. The molecule has 1 aromatic heterocycles. The minimum atomic E-state index is -0.240. The second-order valence-electron chi connectivity index (χ2n) is 3.20. The molecule has 1 aromatic rings. The number of carbonyl (C=O) groups excluding carboxylic acids is 1. The number of carbonyl (C=O) groups is 1. The zero-order valence-electron chi connectivity index (χ0n) is 8.37. The maximum Gasteiger partial charge on any atom is 0.217 e. The van der Waals surface area contributed by atoms with E-state index in [4.69, 9.17) is 5.73 Å². The molecule has 0 aliphatic carbocycles. The third-order valence-corrected chi connectivity index (χ3v) is 2.31. The van der Waals surface area contributed by atoms with Crippen molar-refractivity contribution in [2.24, 2.45) is 5.73 Å². The predicted molar refractivity (Wildman–Crippen MR) is 63.5 cm³/mol. The highest BCUT2D eigenvalue weighted by Crippen LogP contribution is 2.10. The van der Waals surface area contributed by atoms with Crippen molar-refractivity contribution in [3.05, 3.63) is 22.8 Å². The van der Waals surface area contributed by atoms with Crippen LogP contribution < -0.4 is 11.1 Å². The quantitative estimate of drug-likeness (QED) is 0.614. The van der Waals surface area contributed by atoms with Crippen molar-refractivity contribution in [1.29, 1.82) is 0 Å². The van der Waals surface area contributed by atoms with Gasteiger partial charge in [-0.15, -0.1) is 0 Å². The number of anilines is 1. The molecule has 0 saturated carbocycles. The highest BCUT2D eigenvalue weighted by Gasteiger charge is 1.96. The van der Waals surface area contributed by atoms with E-state index in [0.717, 1.165) is 29.8 Å². The monoisotopic (exact) mass is 271 g/mol. The van der Waals surface area contributed by atoms with E-state index in [1.54, 1.807) is 0 Å². The first-order valence-electron chi connectivity index (χ1n) is 4.83. The molecule has 15 heavy (non-hydrogen) atoms. The largest absolute Gasteiger partial charge is 0.370 e. The first-order chi connectivity index (χ1) is 7.18. The van der Waals surface area contributed by atoms with Crippen molar-refractivity contribution >= 4 is 27.7 Å². The van der Waals surface area contributed by atoms with Crippen LogP contribution in [0.15, 0.2) is 22.8 Å². The number of nitrogens with one attached hydrogen (secondary N) is 1. The first-order valence-corrected chi connectivity index (χ1v) is 5.62. The summed E-state index contributed by atoms with van der Waals surface area (Å²) in [5.74, 6) is 0.596. The third-order valence-electron chi connectivity index (χ3n) is 1.87. The zero-order valence-corrected chi connectivity index (χ0v) is 9.96. The van der Waals surface area contributed by atoms with E-state index in [0.29, 0.717) is 6.42 Å². The summed E-state index contributed by atoms with van der Waals surface area (Å²) in [5.41, 5.74) is 5.03. The van der Waals surface area contributed by atoms with E-state index in [1.807, 2.05) is 18.2 Å². The highest BCUT2D eigenvalue weighted by atomic mass is 79.9. The Bertz CT molecular complexity index is 330. The van der Waals surface area contributed by atoms with Crippen LogP contribution in [-0.4, -0.2) is 17.4 Å². The van der Waals surface area contributed by atoms with Gasteiger partial charge in [0.05, 0.1) is 0 Å². The molecular weight excluding hydrogens is 258 g/mol. The predicted octanol–water partition coefficient (Wildman–Crippen LogP) is 1.91. The molecule has 1 amide bonds. The maximum absolute atomic E-state index is 10.5. The molecule has 3 N–H and O–H groups in total. The molecule has 0 aliphatic rings. The molecule has 0 radical (unpaired) electrons. The van der Waals surface area contributed by atoms with E-state index < -0.39 is 0 Å². The van der Waals surface area contributed by atoms with Crippen molar-refractivity contribution in [1.82, 2.24) is 4.98 Å². The van der Waals surface area contributed by atoms with Crippen molar-refractivity contribution < 1.29 is 4.79 Å². The number of rotatable bonds is 6. The molecular formula is C10H14BrN3O.